The highest BCUT2D eigenvalue weighted by atomic mass is 32.1. The van der Waals surface area contributed by atoms with Crippen LogP contribution in [0.5, 0.6) is 17.4 Å². The molecule has 0 aliphatic carbocycles. The molecule has 0 saturated heterocycles. The second kappa shape index (κ2) is 8.20. The van der Waals surface area contributed by atoms with Gasteiger partial charge in [-0.1, -0.05) is 17.7 Å². The molecule has 0 fully saturated rings. The van der Waals surface area contributed by atoms with Crippen LogP contribution < -0.4 is 20.3 Å². The van der Waals surface area contributed by atoms with Gasteiger partial charge in [0.1, 0.15) is 11.6 Å². The normalized spacial score (nSPS) is 15.4. The van der Waals surface area contributed by atoms with E-state index >= 15 is 0 Å². The van der Waals surface area contributed by atoms with Gasteiger partial charge in [-0.25, -0.2) is 0 Å². The minimum Gasteiger partial charge on any atom is -0.494 e. The van der Waals surface area contributed by atoms with Crippen molar-refractivity contribution >= 4 is 12.2 Å². The van der Waals surface area contributed by atoms with Gasteiger partial charge in [-0.15, -0.1) is 0 Å². The molecule has 7 nitrogen and oxygen atoms in total. The Hall–Kier alpha value is -3.10. The molecular weight excluding hydrogens is 414 g/mol. The van der Waals surface area contributed by atoms with Crippen molar-refractivity contribution < 1.29 is 19.9 Å². The first-order valence-corrected chi connectivity index (χ1v) is 10.5. The third-order valence-corrected chi connectivity index (χ3v) is 6.11. The van der Waals surface area contributed by atoms with Crippen LogP contribution in [0.3, 0.4) is 0 Å². The Morgan fingerprint density at radius 2 is 1.87 bits per heavy atom. The van der Waals surface area contributed by atoms with Crippen molar-refractivity contribution in [3.05, 3.63) is 73.3 Å². The second-order valence-corrected chi connectivity index (χ2v) is 8.17. The molecule has 0 radical (unpaired) electrons. The molecule has 0 spiro atoms. The second-order valence-electron chi connectivity index (χ2n) is 7.78. The molecule has 2 aromatic carbocycles. The number of fused-ring (bicyclic) bond motifs is 1. The highest BCUT2D eigenvalue weighted by molar-refractivity contribution is 7.71. The fourth-order valence-corrected chi connectivity index (χ4v) is 4.62. The number of H-pyrrole nitrogens is 1. The van der Waals surface area contributed by atoms with Gasteiger partial charge in [0.05, 0.1) is 26.5 Å². The van der Waals surface area contributed by atoms with E-state index in [2.05, 4.69) is 4.98 Å². The zero-order valence-corrected chi connectivity index (χ0v) is 18.8. The lowest BCUT2D eigenvalue weighted by Crippen LogP contribution is -2.87. The summed E-state index contributed by atoms with van der Waals surface area (Å²) in [6.07, 6.45) is 0.820. The summed E-state index contributed by atoms with van der Waals surface area (Å²) < 4.78 is 12.6. The van der Waals surface area contributed by atoms with Crippen molar-refractivity contribution in [3.8, 4) is 23.1 Å². The predicted octanol–water partition coefficient (Wildman–Crippen LogP) is 2.44. The van der Waals surface area contributed by atoms with Crippen LogP contribution in [0, 0.1) is 18.6 Å². The molecule has 4 N–H and O–H groups in total. The third kappa shape index (κ3) is 3.62. The number of ether oxygens (including phenoxy) is 2. The first-order chi connectivity index (χ1) is 14.8. The van der Waals surface area contributed by atoms with Crippen LogP contribution in [0.15, 0.2) is 35.1 Å². The number of quaternary nitrogens is 1. The number of methoxy groups -OCH3 is 2. The number of aromatic nitrogens is 2. The van der Waals surface area contributed by atoms with E-state index in [0.717, 1.165) is 40.9 Å². The Morgan fingerprint density at radius 3 is 2.55 bits per heavy atom. The number of benzene rings is 2. The highest BCUT2D eigenvalue weighted by Crippen LogP contribution is 2.37. The van der Waals surface area contributed by atoms with E-state index in [1.165, 1.54) is 4.57 Å². The zero-order valence-electron chi connectivity index (χ0n) is 18.0. The summed E-state index contributed by atoms with van der Waals surface area (Å²) >= 11 is 5.41. The van der Waals surface area contributed by atoms with E-state index in [9.17, 15) is 9.90 Å². The summed E-state index contributed by atoms with van der Waals surface area (Å²) in [6, 6.07) is 9.29. The maximum Gasteiger partial charge on any atom is 0.265 e. The molecule has 162 valence electrons. The van der Waals surface area contributed by atoms with Crippen LogP contribution in [0.4, 0.5) is 0 Å². The lowest BCUT2D eigenvalue weighted by atomic mass is 9.90. The molecule has 3 aromatic rings. The van der Waals surface area contributed by atoms with Crippen LogP contribution in [-0.4, -0.2) is 35.4 Å². The van der Waals surface area contributed by atoms with Crippen LogP contribution in [0.25, 0.3) is 5.69 Å². The molecule has 0 amide bonds. The van der Waals surface area contributed by atoms with E-state index in [1.54, 1.807) is 14.2 Å². The fourth-order valence-electron chi connectivity index (χ4n) is 4.35. The van der Waals surface area contributed by atoms with Gasteiger partial charge in [0, 0.05) is 12.0 Å². The van der Waals surface area contributed by atoms with E-state index < -0.39 is 11.6 Å². The molecule has 1 aromatic heterocycles. The van der Waals surface area contributed by atoms with Crippen LogP contribution >= 0.6 is 12.2 Å². The molecular formula is C23H26N3O4S+. The Balaban J connectivity index is 1.95. The molecule has 2 heterocycles. The topological polar surface area (TPSA) is 93.1 Å². The summed E-state index contributed by atoms with van der Waals surface area (Å²) in [5.74, 6) is 1.08. The summed E-state index contributed by atoms with van der Waals surface area (Å²) in [6.45, 7) is 4.72. The number of nitrogens with two attached hydrogens (primary N) is 1. The smallest absolute Gasteiger partial charge is 0.265 e. The number of hydrogen-bond acceptors (Lipinski definition) is 5. The van der Waals surface area contributed by atoms with E-state index in [0.29, 0.717) is 11.5 Å². The number of hydrogen-bond donors (Lipinski definition) is 3. The highest BCUT2D eigenvalue weighted by Gasteiger charge is 2.33. The summed E-state index contributed by atoms with van der Waals surface area (Å²) in [4.78, 5) is 15.8. The molecule has 1 aliphatic rings. The van der Waals surface area contributed by atoms with Gasteiger partial charge in [0.25, 0.3) is 5.56 Å². The standard InChI is InChI=1S/C23H25N3O4S/c1-12-5-6-16(13(2)9-12)26-22(28)19(21(27)25-23(26)31)20-15-11-18(30-4)17(29-3)10-14(15)7-8-24-20/h5-6,9-11,20,24,28H,7-8H2,1-4H3,(H,25,27,31)/p+1/t20-/m0/s1. The lowest BCUT2D eigenvalue weighted by Gasteiger charge is -2.26. The first-order valence-electron chi connectivity index (χ1n) is 10.1. The minimum absolute atomic E-state index is 0.149. The number of nitrogens with zero attached hydrogens (tertiary/aromatic N) is 1. The van der Waals surface area contributed by atoms with Crippen molar-refractivity contribution in [1.82, 2.24) is 9.55 Å². The molecule has 31 heavy (non-hydrogen) atoms. The Bertz CT molecular complexity index is 1280. The van der Waals surface area contributed by atoms with Crippen LogP contribution in [-0.2, 0) is 6.42 Å². The van der Waals surface area contributed by atoms with E-state index in [1.807, 2.05) is 49.5 Å². The van der Waals surface area contributed by atoms with Crippen molar-refractivity contribution in [2.75, 3.05) is 20.8 Å². The van der Waals surface area contributed by atoms with Gasteiger partial charge >= 0.3 is 0 Å². The summed E-state index contributed by atoms with van der Waals surface area (Å²) in [5.41, 5.74) is 4.62. The Morgan fingerprint density at radius 1 is 1.16 bits per heavy atom. The molecule has 0 unspecified atom stereocenters. The lowest BCUT2D eigenvalue weighted by molar-refractivity contribution is -0.690. The molecule has 8 heteroatoms. The Kier molecular flexibility index (Phi) is 5.60. The summed E-state index contributed by atoms with van der Waals surface area (Å²) in [7, 11) is 3.18. The Labute approximate surface area is 185 Å². The maximum absolute atomic E-state index is 13.0. The predicted molar refractivity (Wildman–Crippen MR) is 120 cm³/mol. The maximum atomic E-state index is 13.0. The van der Waals surface area contributed by atoms with Gasteiger partial charge in [0.15, 0.2) is 16.3 Å². The molecule has 0 saturated carbocycles. The van der Waals surface area contributed by atoms with Crippen molar-refractivity contribution in [3.63, 3.8) is 0 Å². The van der Waals surface area contributed by atoms with Gasteiger partial charge in [-0.3, -0.25) is 14.3 Å². The molecule has 4 rings (SSSR count). The average Bonchev–Trinajstić information content (AvgIpc) is 2.74. The number of rotatable bonds is 4. The van der Waals surface area contributed by atoms with Crippen LogP contribution in [0.2, 0.25) is 0 Å². The number of aryl methyl sites for hydroxylation is 2. The quantitative estimate of drug-likeness (QED) is 0.542. The minimum atomic E-state index is -0.403. The number of nitrogens with one attached hydrogen (secondary N) is 1. The summed E-state index contributed by atoms with van der Waals surface area (Å²) in [5, 5.41) is 13.4. The van der Waals surface area contributed by atoms with Gasteiger partial charge in [-0.2, -0.15) is 0 Å². The fraction of sp³-hybridized carbons (Fsp3) is 0.304. The van der Waals surface area contributed by atoms with Crippen LogP contribution in [0.1, 0.15) is 33.9 Å². The molecule has 0 bridgehead atoms. The van der Waals surface area contributed by atoms with Gasteiger partial charge in [0.2, 0.25) is 5.88 Å². The van der Waals surface area contributed by atoms with E-state index in [4.69, 9.17) is 21.7 Å². The zero-order chi connectivity index (χ0) is 22.3. The van der Waals surface area contributed by atoms with Gasteiger partial charge in [-0.05, 0) is 55.4 Å². The average molecular weight is 441 g/mol. The number of aromatic amines is 1. The van der Waals surface area contributed by atoms with Crippen molar-refractivity contribution in [2.45, 2.75) is 26.3 Å². The van der Waals surface area contributed by atoms with Crippen molar-refractivity contribution in [1.29, 1.82) is 0 Å². The third-order valence-electron chi connectivity index (χ3n) is 5.82. The first kappa shape index (κ1) is 21.1. The van der Waals surface area contributed by atoms with Gasteiger partial charge < -0.3 is 19.9 Å². The molecule has 1 aliphatic heterocycles. The largest absolute Gasteiger partial charge is 0.494 e. The number of aromatic hydroxyl groups is 1. The SMILES string of the molecule is COc1cc2c(cc1OC)[C@@H](c1c(O)n(-c3ccc(C)cc3C)c(=S)[nH]c1=O)[NH2+]CC2. The van der Waals surface area contributed by atoms with E-state index in [-0.39, 0.29) is 16.2 Å². The monoisotopic (exact) mass is 440 g/mol. The molecule has 1 atom stereocenters. The van der Waals surface area contributed by atoms with Crippen molar-refractivity contribution in [2.24, 2.45) is 0 Å².